The highest BCUT2D eigenvalue weighted by molar-refractivity contribution is 7.91. The Morgan fingerprint density at radius 3 is 2.61 bits per heavy atom. The molecule has 28 heavy (non-hydrogen) atoms. The maximum atomic E-state index is 13.1. The lowest BCUT2D eigenvalue weighted by Gasteiger charge is -2.22. The standard InChI is InChI=1S/C19H20N4O4S/c1-5-23-8-14(19(25)21-23)17(24)13-6-10(2)18-15(11(13)3)16-12(7-22(4)20-16)9-28(18,26)27/h6-8H,5,9H2,1-4H3,(H,21,25). The van der Waals surface area contributed by atoms with Crippen LogP contribution in [0, 0.1) is 13.8 Å². The second-order valence-electron chi connectivity index (χ2n) is 7.10. The molecule has 0 atom stereocenters. The molecular formula is C19H20N4O4S. The van der Waals surface area contributed by atoms with Crippen LogP contribution in [0.5, 0.6) is 0 Å². The molecule has 4 rings (SSSR count). The molecule has 0 saturated heterocycles. The molecule has 0 bridgehead atoms. The Labute approximate surface area is 161 Å². The maximum absolute atomic E-state index is 13.1. The van der Waals surface area contributed by atoms with Crippen LogP contribution in [0.4, 0.5) is 0 Å². The highest BCUT2D eigenvalue weighted by atomic mass is 32.2. The number of aromatic nitrogens is 4. The summed E-state index contributed by atoms with van der Waals surface area (Å²) in [7, 11) is -1.82. The molecule has 0 amide bonds. The van der Waals surface area contributed by atoms with Crippen molar-refractivity contribution in [1.29, 1.82) is 0 Å². The highest BCUT2D eigenvalue weighted by Crippen LogP contribution is 2.42. The number of carbonyl (C=O) groups excluding carboxylic acids is 1. The fraction of sp³-hybridized carbons (Fsp3) is 0.316. The van der Waals surface area contributed by atoms with E-state index in [4.69, 9.17) is 0 Å². The number of aromatic amines is 1. The van der Waals surface area contributed by atoms with Crippen LogP contribution in [0.25, 0.3) is 11.3 Å². The maximum Gasteiger partial charge on any atom is 0.275 e. The molecule has 9 heteroatoms. The van der Waals surface area contributed by atoms with E-state index in [1.165, 1.54) is 10.9 Å². The zero-order valence-corrected chi connectivity index (χ0v) is 16.8. The van der Waals surface area contributed by atoms with Crippen LogP contribution in [0.2, 0.25) is 0 Å². The van der Waals surface area contributed by atoms with Crippen LogP contribution < -0.4 is 5.56 Å². The van der Waals surface area contributed by atoms with Crippen LogP contribution >= 0.6 is 0 Å². The minimum atomic E-state index is -3.55. The van der Waals surface area contributed by atoms with Crippen molar-refractivity contribution < 1.29 is 13.2 Å². The van der Waals surface area contributed by atoms with E-state index in [0.717, 1.165) is 0 Å². The molecule has 3 heterocycles. The molecule has 1 aliphatic rings. The average Bonchev–Trinajstić information content (AvgIpc) is 3.17. The van der Waals surface area contributed by atoms with E-state index in [9.17, 15) is 18.0 Å². The lowest BCUT2D eigenvalue weighted by Crippen LogP contribution is -2.19. The topological polar surface area (TPSA) is 107 Å². The zero-order chi connectivity index (χ0) is 20.4. The number of carbonyl (C=O) groups is 1. The summed E-state index contributed by atoms with van der Waals surface area (Å²) in [5, 5.41) is 7.04. The molecule has 8 nitrogen and oxygen atoms in total. The first kappa shape index (κ1) is 18.4. The minimum absolute atomic E-state index is 0.0317. The van der Waals surface area contributed by atoms with Gasteiger partial charge in [-0.3, -0.25) is 24.1 Å². The molecule has 2 aromatic heterocycles. The Kier molecular flexibility index (Phi) is 3.97. The van der Waals surface area contributed by atoms with Crippen molar-refractivity contribution in [3.8, 4) is 11.3 Å². The molecule has 146 valence electrons. The van der Waals surface area contributed by atoms with Gasteiger partial charge < -0.3 is 0 Å². The average molecular weight is 400 g/mol. The van der Waals surface area contributed by atoms with Gasteiger partial charge >= 0.3 is 0 Å². The summed E-state index contributed by atoms with van der Waals surface area (Å²) in [5.41, 5.74) is 2.50. The third kappa shape index (κ3) is 2.57. The summed E-state index contributed by atoms with van der Waals surface area (Å²) in [4.78, 5) is 25.5. The number of fused-ring (bicyclic) bond motifs is 3. The van der Waals surface area contributed by atoms with E-state index < -0.39 is 21.2 Å². The van der Waals surface area contributed by atoms with E-state index in [1.807, 2.05) is 6.92 Å². The number of H-pyrrole nitrogens is 1. The number of sulfone groups is 1. The summed E-state index contributed by atoms with van der Waals surface area (Å²) in [5.74, 6) is -0.548. The summed E-state index contributed by atoms with van der Waals surface area (Å²) < 4.78 is 28.9. The SMILES string of the molecule is CCn1cc(C(=O)c2cc(C)c3c(c2C)-c2nn(C)cc2CS3(=O)=O)c(=O)[nH]1. The number of nitrogens with one attached hydrogen (secondary N) is 1. The van der Waals surface area contributed by atoms with E-state index in [1.54, 1.807) is 37.8 Å². The van der Waals surface area contributed by atoms with Crippen molar-refractivity contribution in [3.63, 3.8) is 0 Å². The van der Waals surface area contributed by atoms with Gasteiger partial charge in [0.15, 0.2) is 15.6 Å². The monoisotopic (exact) mass is 400 g/mol. The molecule has 0 fully saturated rings. The van der Waals surface area contributed by atoms with Crippen molar-refractivity contribution in [2.45, 2.75) is 38.0 Å². The van der Waals surface area contributed by atoms with Gasteiger partial charge in [0, 0.05) is 42.7 Å². The number of nitrogens with zero attached hydrogens (tertiary/aromatic N) is 3. The molecule has 0 aliphatic carbocycles. The molecule has 0 unspecified atom stereocenters. The first-order valence-electron chi connectivity index (χ1n) is 8.88. The molecule has 1 aromatic carbocycles. The fourth-order valence-corrected chi connectivity index (χ4v) is 5.73. The molecule has 0 saturated carbocycles. The number of ketones is 1. The Bertz CT molecular complexity index is 1310. The van der Waals surface area contributed by atoms with Crippen molar-refractivity contribution in [2.75, 3.05) is 0 Å². The quantitative estimate of drug-likeness (QED) is 0.674. The van der Waals surface area contributed by atoms with Crippen LogP contribution in [-0.4, -0.2) is 33.8 Å². The third-order valence-electron chi connectivity index (χ3n) is 5.13. The predicted octanol–water partition coefficient (Wildman–Crippen LogP) is 1.73. The zero-order valence-electron chi connectivity index (χ0n) is 16.0. The van der Waals surface area contributed by atoms with E-state index in [-0.39, 0.29) is 16.2 Å². The Morgan fingerprint density at radius 1 is 1.25 bits per heavy atom. The Balaban J connectivity index is 2.01. The second-order valence-corrected chi connectivity index (χ2v) is 9.03. The van der Waals surface area contributed by atoms with E-state index >= 15 is 0 Å². The second kappa shape index (κ2) is 6.03. The molecule has 0 spiro atoms. The predicted molar refractivity (Wildman–Crippen MR) is 103 cm³/mol. The highest BCUT2D eigenvalue weighted by Gasteiger charge is 2.35. The molecule has 3 aromatic rings. The van der Waals surface area contributed by atoms with Crippen molar-refractivity contribution in [2.24, 2.45) is 7.05 Å². The molecule has 1 N–H and O–H groups in total. The Hall–Kier alpha value is -2.94. The molecular weight excluding hydrogens is 380 g/mol. The number of aryl methyl sites for hydroxylation is 3. The van der Waals surface area contributed by atoms with Gasteiger partial charge in [-0.1, -0.05) is 0 Å². The lowest BCUT2D eigenvalue weighted by atomic mass is 9.91. The van der Waals surface area contributed by atoms with Gasteiger partial charge in [-0.25, -0.2) is 8.42 Å². The van der Waals surface area contributed by atoms with Gasteiger partial charge in [-0.2, -0.15) is 5.10 Å². The third-order valence-corrected chi connectivity index (χ3v) is 6.97. The van der Waals surface area contributed by atoms with Crippen LogP contribution in [0.15, 0.2) is 28.2 Å². The van der Waals surface area contributed by atoms with Crippen LogP contribution in [0.1, 0.15) is 39.5 Å². The molecule has 1 aliphatic heterocycles. The van der Waals surface area contributed by atoms with Crippen LogP contribution in [-0.2, 0) is 29.2 Å². The van der Waals surface area contributed by atoms with Crippen molar-refractivity contribution >= 4 is 15.6 Å². The van der Waals surface area contributed by atoms with Gasteiger partial charge in [0.1, 0.15) is 5.56 Å². The number of benzene rings is 1. The normalized spacial score (nSPS) is 14.6. The van der Waals surface area contributed by atoms with Gasteiger partial charge in [-0.15, -0.1) is 0 Å². The summed E-state index contributed by atoms with van der Waals surface area (Å²) in [6.07, 6.45) is 3.17. The first-order valence-corrected chi connectivity index (χ1v) is 10.5. The number of rotatable bonds is 3. The first-order chi connectivity index (χ1) is 13.1. The van der Waals surface area contributed by atoms with E-state index in [0.29, 0.717) is 40.1 Å². The Morgan fingerprint density at radius 2 is 1.96 bits per heavy atom. The fourth-order valence-electron chi connectivity index (χ4n) is 3.86. The van der Waals surface area contributed by atoms with Crippen LogP contribution in [0.3, 0.4) is 0 Å². The van der Waals surface area contributed by atoms with E-state index in [2.05, 4.69) is 10.2 Å². The van der Waals surface area contributed by atoms with Crippen molar-refractivity contribution in [1.82, 2.24) is 19.6 Å². The van der Waals surface area contributed by atoms with Gasteiger partial charge in [-0.05, 0) is 38.0 Å². The molecule has 0 radical (unpaired) electrons. The smallest absolute Gasteiger partial charge is 0.275 e. The largest absolute Gasteiger partial charge is 0.292 e. The summed E-state index contributed by atoms with van der Waals surface area (Å²) in [6, 6.07) is 1.56. The van der Waals surface area contributed by atoms with Gasteiger partial charge in [0.25, 0.3) is 5.56 Å². The van der Waals surface area contributed by atoms with Gasteiger partial charge in [0.2, 0.25) is 0 Å². The summed E-state index contributed by atoms with van der Waals surface area (Å²) >= 11 is 0. The van der Waals surface area contributed by atoms with Gasteiger partial charge in [0.05, 0.1) is 16.3 Å². The number of hydrogen-bond acceptors (Lipinski definition) is 5. The van der Waals surface area contributed by atoms with Crippen molar-refractivity contribution in [3.05, 3.63) is 56.6 Å². The number of hydrogen-bond donors (Lipinski definition) is 1. The summed E-state index contributed by atoms with van der Waals surface area (Å²) in [6.45, 7) is 5.75. The minimum Gasteiger partial charge on any atom is -0.292 e. The lowest BCUT2D eigenvalue weighted by molar-refractivity contribution is 0.103.